The highest BCUT2D eigenvalue weighted by atomic mass is 79.9. The predicted molar refractivity (Wildman–Crippen MR) is 65.3 cm³/mol. The van der Waals surface area contributed by atoms with Gasteiger partial charge in [-0.1, -0.05) is 53.1 Å². The van der Waals surface area contributed by atoms with Gasteiger partial charge in [0.1, 0.15) is 0 Å². The molecule has 0 saturated heterocycles. The van der Waals surface area contributed by atoms with E-state index in [1.165, 1.54) is 5.56 Å². The quantitative estimate of drug-likeness (QED) is 0.863. The van der Waals surface area contributed by atoms with Gasteiger partial charge in [-0.05, 0) is 11.6 Å². The van der Waals surface area contributed by atoms with Gasteiger partial charge in [0, 0.05) is 16.8 Å². The van der Waals surface area contributed by atoms with Gasteiger partial charge in [0.2, 0.25) is 5.89 Å². The lowest BCUT2D eigenvalue weighted by molar-refractivity contribution is 0.361. The van der Waals surface area contributed by atoms with Gasteiger partial charge in [0.15, 0.2) is 5.82 Å². The molecule has 0 atom stereocenters. The fourth-order valence-electron chi connectivity index (χ4n) is 1.39. The van der Waals surface area contributed by atoms with Gasteiger partial charge in [0.05, 0.1) is 0 Å². The molecule has 0 unspecified atom stereocenters. The molecule has 0 N–H and O–H groups in total. The zero-order chi connectivity index (χ0) is 11.5. The number of rotatable bonds is 3. The minimum absolute atomic E-state index is 0.278. The molecule has 0 radical (unpaired) electrons. The molecule has 0 spiro atoms. The Morgan fingerprint density at radius 2 is 2.06 bits per heavy atom. The molecule has 0 aliphatic carbocycles. The second-order valence-electron chi connectivity index (χ2n) is 3.97. The first-order valence-corrected chi connectivity index (χ1v) is 6.02. The van der Waals surface area contributed by atoms with Gasteiger partial charge in [-0.25, -0.2) is 0 Å². The maximum Gasteiger partial charge on any atom is 0.229 e. The largest absolute Gasteiger partial charge is 0.339 e. The molecule has 16 heavy (non-hydrogen) atoms. The summed E-state index contributed by atoms with van der Waals surface area (Å²) in [4.78, 5) is 4.35. The lowest BCUT2D eigenvalue weighted by Crippen LogP contribution is -1.93. The molecule has 3 nitrogen and oxygen atoms in total. The van der Waals surface area contributed by atoms with E-state index < -0.39 is 0 Å². The smallest absolute Gasteiger partial charge is 0.229 e. The summed E-state index contributed by atoms with van der Waals surface area (Å²) in [5, 5.41) is 3.97. The van der Waals surface area contributed by atoms with Crippen molar-refractivity contribution >= 4 is 15.9 Å². The van der Waals surface area contributed by atoms with Crippen molar-refractivity contribution in [3.8, 4) is 0 Å². The van der Waals surface area contributed by atoms with E-state index in [1.54, 1.807) is 0 Å². The van der Waals surface area contributed by atoms with Gasteiger partial charge < -0.3 is 4.52 Å². The fraction of sp³-hybridized carbons (Fsp3) is 0.333. The minimum atomic E-state index is 0.278. The first-order chi connectivity index (χ1) is 7.66. The van der Waals surface area contributed by atoms with Gasteiger partial charge in [0.25, 0.3) is 0 Å². The van der Waals surface area contributed by atoms with E-state index in [4.69, 9.17) is 4.52 Å². The molecule has 0 saturated carbocycles. The van der Waals surface area contributed by atoms with Crippen LogP contribution in [0, 0.1) is 0 Å². The predicted octanol–water partition coefficient (Wildman–Crippen LogP) is 3.55. The Morgan fingerprint density at radius 3 is 2.69 bits per heavy atom. The van der Waals surface area contributed by atoms with Gasteiger partial charge >= 0.3 is 0 Å². The van der Waals surface area contributed by atoms with Gasteiger partial charge in [-0.15, -0.1) is 0 Å². The number of benzene rings is 1. The molecule has 1 aromatic carbocycles. The van der Waals surface area contributed by atoms with Gasteiger partial charge in [-0.3, -0.25) is 0 Å². The second-order valence-corrected chi connectivity index (χ2v) is 4.83. The van der Waals surface area contributed by atoms with Crippen LogP contribution in [0.1, 0.15) is 37.0 Å². The normalized spacial score (nSPS) is 11.0. The van der Waals surface area contributed by atoms with Crippen molar-refractivity contribution in [1.29, 1.82) is 0 Å². The third-order valence-corrected chi connectivity index (χ3v) is 3.06. The van der Waals surface area contributed by atoms with Crippen LogP contribution in [0.15, 0.2) is 33.3 Å². The second kappa shape index (κ2) is 4.78. The zero-order valence-corrected chi connectivity index (χ0v) is 10.9. The Bertz CT molecular complexity index is 479. The third-order valence-electron chi connectivity index (χ3n) is 2.28. The van der Waals surface area contributed by atoms with E-state index >= 15 is 0 Å². The average Bonchev–Trinajstić information content (AvgIpc) is 2.70. The summed E-state index contributed by atoms with van der Waals surface area (Å²) in [6.45, 7) is 4.07. The van der Waals surface area contributed by atoms with E-state index in [0.29, 0.717) is 12.3 Å². The SMILES string of the molecule is CC(C)c1nc(Cc2ccccc2Br)no1. The topological polar surface area (TPSA) is 38.9 Å². The van der Waals surface area contributed by atoms with Gasteiger partial charge in [-0.2, -0.15) is 4.98 Å². The van der Waals surface area contributed by atoms with Crippen LogP contribution in [0.3, 0.4) is 0 Å². The first-order valence-electron chi connectivity index (χ1n) is 5.22. The van der Waals surface area contributed by atoms with Crippen LogP contribution < -0.4 is 0 Å². The summed E-state index contributed by atoms with van der Waals surface area (Å²) < 4.78 is 6.24. The Labute approximate surface area is 103 Å². The Balaban J connectivity index is 2.18. The molecule has 0 fully saturated rings. The van der Waals surface area contributed by atoms with Crippen LogP contribution in [0.2, 0.25) is 0 Å². The van der Waals surface area contributed by atoms with Crippen molar-refractivity contribution in [2.24, 2.45) is 0 Å². The zero-order valence-electron chi connectivity index (χ0n) is 9.27. The maximum atomic E-state index is 5.16. The molecular formula is C12H13BrN2O. The van der Waals surface area contributed by atoms with Crippen LogP contribution in [0.4, 0.5) is 0 Å². The highest BCUT2D eigenvalue weighted by Gasteiger charge is 2.11. The molecular weight excluding hydrogens is 268 g/mol. The number of halogens is 1. The van der Waals surface area contributed by atoms with Crippen molar-refractivity contribution in [1.82, 2.24) is 10.1 Å². The van der Waals surface area contributed by atoms with Crippen molar-refractivity contribution in [3.63, 3.8) is 0 Å². The van der Waals surface area contributed by atoms with Crippen LogP contribution in [-0.2, 0) is 6.42 Å². The van der Waals surface area contributed by atoms with E-state index in [2.05, 4.69) is 32.1 Å². The van der Waals surface area contributed by atoms with Crippen LogP contribution >= 0.6 is 15.9 Å². The van der Waals surface area contributed by atoms with Crippen LogP contribution in [0.5, 0.6) is 0 Å². The van der Waals surface area contributed by atoms with E-state index in [0.717, 1.165) is 10.3 Å². The summed E-state index contributed by atoms with van der Waals surface area (Å²) in [5.41, 5.74) is 1.17. The summed E-state index contributed by atoms with van der Waals surface area (Å²) >= 11 is 3.50. The van der Waals surface area contributed by atoms with E-state index in [-0.39, 0.29) is 5.92 Å². The molecule has 2 rings (SSSR count). The summed E-state index contributed by atoms with van der Waals surface area (Å²) in [7, 11) is 0. The molecule has 0 bridgehead atoms. The maximum absolute atomic E-state index is 5.16. The highest BCUT2D eigenvalue weighted by molar-refractivity contribution is 9.10. The summed E-state index contributed by atoms with van der Waals surface area (Å²) in [6, 6.07) is 8.06. The molecule has 2 aromatic rings. The number of hydrogen-bond donors (Lipinski definition) is 0. The lowest BCUT2D eigenvalue weighted by Gasteiger charge is -1.99. The van der Waals surface area contributed by atoms with Crippen molar-refractivity contribution in [2.45, 2.75) is 26.2 Å². The molecule has 84 valence electrons. The highest BCUT2D eigenvalue weighted by Crippen LogP contribution is 2.19. The lowest BCUT2D eigenvalue weighted by atomic mass is 10.1. The first kappa shape index (κ1) is 11.3. The Morgan fingerprint density at radius 1 is 1.31 bits per heavy atom. The molecule has 1 aromatic heterocycles. The summed E-state index contributed by atoms with van der Waals surface area (Å²) in [5.74, 6) is 1.71. The summed E-state index contributed by atoms with van der Waals surface area (Å²) in [6.07, 6.45) is 0.692. The average molecular weight is 281 g/mol. The van der Waals surface area contributed by atoms with Crippen LogP contribution in [0.25, 0.3) is 0 Å². The number of hydrogen-bond acceptors (Lipinski definition) is 3. The molecule has 0 aliphatic rings. The number of nitrogens with zero attached hydrogens (tertiary/aromatic N) is 2. The van der Waals surface area contributed by atoms with E-state index in [1.807, 2.05) is 32.0 Å². The van der Waals surface area contributed by atoms with E-state index in [9.17, 15) is 0 Å². The minimum Gasteiger partial charge on any atom is -0.339 e. The molecule has 4 heteroatoms. The fourth-order valence-corrected chi connectivity index (χ4v) is 1.81. The van der Waals surface area contributed by atoms with Crippen molar-refractivity contribution < 1.29 is 4.52 Å². The molecule has 0 amide bonds. The monoisotopic (exact) mass is 280 g/mol. The molecule has 1 heterocycles. The van der Waals surface area contributed by atoms with Crippen LogP contribution in [-0.4, -0.2) is 10.1 Å². The molecule has 0 aliphatic heterocycles. The standard InChI is InChI=1S/C12H13BrN2O/c1-8(2)12-14-11(15-16-12)7-9-5-3-4-6-10(9)13/h3-6,8H,7H2,1-2H3. The Kier molecular flexibility index (Phi) is 3.39. The third kappa shape index (κ3) is 2.50. The number of aromatic nitrogens is 2. The van der Waals surface area contributed by atoms with Crippen molar-refractivity contribution in [3.05, 3.63) is 46.0 Å². The Hall–Kier alpha value is -1.16. The van der Waals surface area contributed by atoms with Crippen molar-refractivity contribution in [2.75, 3.05) is 0 Å².